The lowest BCUT2D eigenvalue weighted by atomic mass is 9.99. The smallest absolute Gasteiger partial charge is 0.0993 e. The maximum absolute atomic E-state index is 10.1. The summed E-state index contributed by atoms with van der Waals surface area (Å²) in [5.74, 6) is 1.43. The summed E-state index contributed by atoms with van der Waals surface area (Å²) in [5.41, 5.74) is 0.613. The van der Waals surface area contributed by atoms with E-state index < -0.39 is 0 Å². The molecule has 0 aromatic carbocycles. The average Bonchev–Trinajstić information content (AvgIpc) is 2.48. The summed E-state index contributed by atoms with van der Waals surface area (Å²) in [4.78, 5) is 6.54. The van der Waals surface area contributed by atoms with Crippen molar-refractivity contribution < 1.29 is 5.11 Å². The van der Waals surface area contributed by atoms with Gasteiger partial charge in [-0.3, -0.25) is 0 Å². The molecule has 0 radical (unpaired) electrons. The van der Waals surface area contributed by atoms with Gasteiger partial charge < -0.3 is 10.0 Å². The van der Waals surface area contributed by atoms with Crippen LogP contribution in [0, 0.1) is 17.2 Å². The monoisotopic (exact) mass is 291 g/mol. The number of likely N-dealkylation sites (tertiary alicyclic amines) is 1. The lowest BCUT2D eigenvalue weighted by Gasteiger charge is -2.31. The molecule has 1 aliphatic rings. The topological polar surface area (TPSA) is 60.1 Å². The van der Waals surface area contributed by atoms with Gasteiger partial charge >= 0.3 is 0 Å². The summed E-state index contributed by atoms with van der Waals surface area (Å²) < 4.78 is 0. The van der Waals surface area contributed by atoms with Crippen LogP contribution in [0.15, 0.2) is 23.4 Å². The maximum Gasteiger partial charge on any atom is 0.0993 e. The second-order valence-electron chi connectivity index (χ2n) is 5.44. The Morgan fingerprint density at radius 3 is 3.00 bits per heavy atom. The predicted octanol–water partition coefficient (Wildman–Crippen LogP) is 2.14. The van der Waals surface area contributed by atoms with Crippen LogP contribution in [-0.2, 0) is 0 Å². The Kier molecular flexibility index (Phi) is 5.84. The van der Waals surface area contributed by atoms with Gasteiger partial charge in [-0.25, -0.2) is 4.98 Å². The summed E-state index contributed by atoms with van der Waals surface area (Å²) in [6.07, 6.45) is 3.75. The van der Waals surface area contributed by atoms with Gasteiger partial charge in [0.05, 0.1) is 22.8 Å². The molecule has 1 atom stereocenters. The highest BCUT2D eigenvalue weighted by Crippen LogP contribution is 2.19. The number of hydrogen-bond donors (Lipinski definition) is 1. The first-order chi connectivity index (χ1) is 9.67. The zero-order chi connectivity index (χ0) is 14.4. The van der Waals surface area contributed by atoms with E-state index in [0.717, 1.165) is 30.6 Å². The molecule has 1 N–H and O–H groups in total. The number of piperidine rings is 1. The molecular weight excluding hydrogens is 270 g/mol. The van der Waals surface area contributed by atoms with E-state index in [9.17, 15) is 5.11 Å². The van der Waals surface area contributed by atoms with Crippen molar-refractivity contribution in [2.75, 3.05) is 25.4 Å². The lowest BCUT2D eigenvalue weighted by Crippen LogP contribution is -2.39. The number of rotatable bonds is 5. The van der Waals surface area contributed by atoms with Gasteiger partial charge in [0.15, 0.2) is 0 Å². The summed E-state index contributed by atoms with van der Waals surface area (Å²) in [5, 5.41) is 19.7. The molecule has 1 aromatic heterocycles. The normalized spacial score (nSPS) is 18.6. The second kappa shape index (κ2) is 7.63. The van der Waals surface area contributed by atoms with Crippen LogP contribution in [0.5, 0.6) is 0 Å². The minimum atomic E-state index is -0.346. The third-order valence-electron chi connectivity index (χ3n) is 3.63. The molecule has 5 heteroatoms. The largest absolute Gasteiger partial charge is 0.391 e. The minimum Gasteiger partial charge on any atom is -0.391 e. The predicted molar refractivity (Wildman–Crippen MR) is 80.5 cm³/mol. The van der Waals surface area contributed by atoms with E-state index in [-0.39, 0.29) is 6.10 Å². The highest BCUT2D eigenvalue weighted by Gasteiger charge is 2.18. The van der Waals surface area contributed by atoms with Crippen molar-refractivity contribution in [2.24, 2.45) is 5.92 Å². The van der Waals surface area contributed by atoms with Crippen LogP contribution in [0.3, 0.4) is 0 Å². The van der Waals surface area contributed by atoms with E-state index in [0.29, 0.717) is 11.3 Å². The van der Waals surface area contributed by atoms with Crippen molar-refractivity contribution in [3.63, 3.8) is 0 Å². The van der Waals surface area contributed by atoms with Gasteiger partial charge in [-0.1, -0.05) is 6.92 Å². The Labute approximate surface area is 124 Å². The van der Waals surface area contributed by atoms with E-state index in [1.54, 1.807) is 18.3 Å². The minimum absolute atomic E-state index is 0.346. The van der Waals surface area contributed by atoms with Gasteiger partial charge in [-0.05, 0) is 44.0 Å². The van der Waals surface area contributed by atoms with Gasteiger partial charge in [0, 0.05) is 18.5 Å². The molecule has 2 heterocycles. The van der Waals surface area contributed by atoms with Gasteiger partial charge in [0.25, 0.3) is 0 Å². The number of nitrogens with zero attached hydrogens (tertiary/aromatic N) is 3. The number of aromatic nitrogens is 1. The number of thioether (sulfide) groups is 1. The molecule has 1 fully saturated rings. The first kappa shape index (κ1) is 15.3. The summed E-state index contributed by atoms with van der Waals surface area (Å²) in [7, 11) is 0. The fourth-order valence-corrected chi connectivity index (χ4v) is 3.15. The number of aliphatic hydroxyl groups is 1. The molecular formula is C15H21N3OS. The molecule has 0 bridgehead atoms. The summed E-state index contributed by atoms with van der Waals surface area (Å²) in [6.45, 7) is 5.20. The van der Waals surface area contributed by atoms with Crippen molar-refractivity contribution in [3.8, 4) is 6.07 Å². The zero-order valence-electron chi connectivity index (χ0n) is 11.8. The van der Waals surface area contributed by atoms with Gasteiger partial charge in [0.2, 0.25) is 0 Å². The molecule has 0 aliphatic carbocycles. The molecule has 0 saturated carbocycles. The highest BCUT2D eigenvalue weighted by molar-refractivity contribution is 7.99. The van der Waals surface area contributed by atoms with E-state index in [2.05, 4.69) is 22.9 Å². The number of β-amino-alcohol motifs (C(OH)–C–C–N with tert-alkyl or cyclic N) is 1. The van der Waals surface area contributed by atoms with Crippen molar-refractivity contribution >= 4 is 11.8 Å². The first-order valence-electron chi connectivity index (χ1n) is 7.06. The van der Waals surface area contributed by atoms with Crippen molar-refractivity contribution in [1.29, 1.82) is 5.26 Å². The molecule has 4 nitrogen and oxygen atoms in total. The van der Waals surface area contributed by atoms with Crippen LogP contribution in [0.2, 0.25) is 0 Å². The SMILES string of the molecule is CC1CCN(CC(O)CSc2cc(C#N)ccn2)CC1. The molecule has 20 heavy (non-hydrogen) atoms. The molecule has 108 valence electrons. The quantitative estimate of drug-likeness (QED) is 0.842. The van der Waals surface area contributed by atoms with Crippen LogP contribution in [0.1, 0.15) is 25.3 Å². The fraction of sp³-hybridized carbons (Fsp3) is 0.600. The van der Waals surface area contributed by atoms with Crippen LogP contribution in [0.25, 0.3) is 0 Å². The van der Waals surface area contributed by atoms with E-state index >= 15 is 0 Å². The van der Waals surface area contributed by atoms with E-state index in [1.165, 1.54) is 24.6 Å². The lowest BCUT2D eigenvalue weighted by molar-refractivity contribution is 0.105. The zero-order valence-corrected chi connectivity index (χ0v) is 12.6. The standard InChI is InChI=1S/C15H21N3OS/c1-12-3-6-18(7-4-12)10-14(19)11-20-15-8-13(9-16)2-5-17-15/h2,5,8,12,14,19H,3-4,6-7,10-11H2,1H3. The Balaban J connectivity index is 1.74. The Morgan fingerprint density at radius 2 is 2.30 bits per heavy atom. The van der Waals surface area contributed by atoms with Gasteiger partial charge in [0.1, 0.15) is 0 Å². The third-order valence-corrected chi connectivity index (χ3v) is 4.70. The number of hydrogen-bond acceptors (Lipinski definition) is 5. The number of pyridine rings is 1. The van der Waals surface area contributed by atoms with Crippen LogP contribution >= 0.6 is 11.8 Å². The number of nitriles is 1. The van der Waals surface area contributed by atoms with Crippen molar-refractivity contribution in [1.82, 2.24) is 9.88 Å². The highest BCUT2D eigenvalue weighted by atomic mass is 32.2. The van der Waals surface area contributed by atoms with Crippen molar-refractivity contribution in [3.05, 3.63) is 23.9 Å². The van der Waals surface area contributed by atoms with Crippen LogP contribution in [0.4, 0.5) is 0 Å². The Bertz CT molecular complexity index is 466. The number of aliphatic hydroxyl groups excluding tert-OH is 1. The molecule has 1 unspecified atom stereocenters. The van der Waals surface area contributed by atoms with Crippen LogP contribution < -0.4 is 0 Å². The summed E-state index contributed by atoms with van der Waals surface area (Å²) >= 11 is 1.51. The third kappa shape index (κ3) is 4.78. The molecule has 2 rings (SSSR count). The van der Waals surface area contributed by atoms with Gasteiger partial charge in [-0.15, -0.1) is 11.8 Å². The Morgan fingerprint density at radius 1 is 1.55 bits per heavy atom. The molecule has 1 aromatic rings. The summed E-state index contributed by atoms with van der Waals surface area (Å²) in [6, 6.07) is 5.55. The molecule has 1 saturated heterocycles. The maximum atomic E-state index is 10.1. The molecule has 1 aliphatic heterocycles. The van der Waals surface area contributed by atoms with Gasteiger partial charge in [-0.2, -0.15) is 5.26 Å². The van der Waals surface area contributed by atoms with Crippen molar-refractivity contribution in [2.45, 2.75) is 30.9 Å². The first-order valence-corrected chi connectivity index (χ1v) is 8.05. The fourth-order valence-electron chi connectivity index (χ4n) is 2.33. The average molecular weight is 291 g/mol. The molecule has 0 amide bonds. The van der Waals surface area contributed by atoms with E-state index in [1.807, 2.05) is 0 Å². The van der Waals surface area contributed by atoms with E-state index in [4.69, 9.17) is 5.26 Å². The second-order valence-corrected chi connectivity index (χ2v) is 6.48. The Hall–Kier alpha value is -1.09. The molecule has 0 spiro atoms. The van der Waals surface area contributed by atoms with Crippen LogP contribution in [-0.4, -0.2) is 46.5 Å².